The molecule has 1 radical (unpaired) electrons. The molecule has 0 aromatic heterocycles. The van der Waals surface area contributed by atoms with Crippen molar-refractivity contribution in [1.82, 2.24) is 0 Å². The van der Waals surface area contributed by atoms with Gasteiger partial charge in [0.25, 0.3) is 0 Å². The molecule has 0 heterocycles. The molecule has 0 spiro atoms. The van der Waals surface area contributed by atoms with Crippen molar-refractivity contribution < 1.29 is 50.6 Å². The van der Waals surface area contributed by atoms with E-state index < -0.39 is 6.16 Å². The summed E-state index contributed by atoms with van der Waals surface area (Å²) in [6.45, 7) is 0. The Balaban J connectivity index is -0.0000000450. The maximum atomic E-state index is 8.56. The largest absolute Gasteiger partial charge is 0 e. The number of hydrogen-bond acceptors (Lipinski definition) is 1. The zero-order chi connectivity index (χ0) is 3.58. The van der Waals surface area contributed by atoms with Gasteiger partial charge in [-0.2, -0.15) is 0 Å². The molecule has 5 heteroatoms. The van der Waals surface area contributed by atoms with Crippen LogP contribution in [0.5, 0.6) is 0 Å². The van der Waals surface area contributed by atoms with E-state index in [-0.39, 0.29) is 84.5 Å². The zero-order valence-electron chi connectivity index (χ0n) is 2.38. The van der Waals surface area contributed by atoms with E-state index in [1.165, 1.54) is 0 Å². The molecule has 3 nitrogen and oxygen atoms in total. The fourth-order valence-electron chi connectivity index (χ4n) is 0. The predicted molar refractivity (Wildman–Crippen MR) is 19.2 cm³/mol. The minimum atomic E-state index is -1.83. The molecule has 0 unspecified atom stereocenters. The van der Waals surface area contributed by atoms with Crippen LogP contribution < -0.4 is 0 Å². The zero-order valence-corrected chi connectivity index (χ0v) is 6.01. The molecule has 0 aliphatic rings. The van der Waals surface area contributed by atoms with Gasteiger partial charge in [-0.05, 0) is 0 Å². The van der Waals surface area contributed by atoms with Crippen LogP contribution in [0, 0.1) is 35.6 Å². The van der Waals surface area contributed by atoms with E-state index in [1.54, 1.807) is 0 Å². The van der Waals surface area contributed by atoms with Gasteiger partial charge in [0.1, 0.15) is 0 Å². The first-order chi connectivity index (χ1) is 1.73. The monoisotopic (exact) mass is 341 g/mol. The molecular formula is CH4BaLaO3. The first-order valence-electron chi connectivity index (χ1n) is 0.651. The number of carboxylic acid groups (broad SMARTS) is 2. The van der Waals surface area contributed by atoms with Crippen molar-refractivity contribution in [1.29, 1.82) is 0 Å². The van der Waals surface area contributed by atoms with E-state index in [0.29, 0.717) is 0 Å². The quantitative estimate of drug-likeness (QED) is 0.574. The smallest absolute Gasteiger partial charge is 0 e. The molecule has 0 aliphatic carbocycles. The van der Waals surface area contributed by atoms with Gasteiger partial charge < -0.3 is 10.2 Å². The molecule has 0 saturated carbocycles. The minimum Gasteiger partial charge on any atom is 0 e. The van der Waals surface area contributed by atoms with Crippen LogP contribution in [0.3, 0.4) is 0 Å². The van der Waals surface area contributed by atoms with Crippen molar-refractivity contribution in [3.05, 3.63) is 0 Å². The second-order valence-corrected chi connectivity index (χ2v) is 0.283. The summed E-state index contributed by atoms with van der Waals surface area (Å²) < 4.78 is 0. The van der Waals surface area contributed by atoms with Crippen LogP contribution in [-0.2, 0) is 0 Å². The SMILES string of the molecule is O=C(O)O.[BaH2].[La]. The van der Waals surface area contributed by atoms with Crippen LogP contribution in [0.2, 0.25) is 0 Å². The second kappa shape index (κ2) is 10.1. The Labute approximate surface area is 103 Å². The first-order valence-corrected chi connectivity index (χ1v) is 0.651. The van der Waals surface area contributed by atoms with E-state index in [2.05, 4.69) is 0 Å². The average molecular weight is 340 g/mol. The van der Waals surface area contributed by atoms with E-state index >= 15 is 0 Å². The third kappa shape index (κ3) is 36.9. The third-order valence-electron chi connectivity index (χ3n) is 0. The molecule has 0 bridgehead atoms. The topological polar surface area (TPSA) is 57.5 Å². The van der Waals surface area contributed by atoms with Gasteiger partial charge in [-0.3, -0.25) is 0 Å². The third-order valence-corrected chi connectivity index (χ3v) is 0. The van der Waals surface area contributed by atoms with Crippen LogP contribution in [0.1, 0.15) is 0 Å². The van der Waals surface area contributed by atoms with Gasteiger partial charge in [0.15, 0.2) is 0 Å². The predicted octanol–water partition coefficient (Wildman–Crippen LogP) is -0.694. The van der Waals surface area contributed by atoms with E-state index in [1.807, 2.05) is 0 Å². The van der Waals surface area contributed by atoms with Gasteiger partial charge in [0, 0.05) is 35.6 Å². The molecule has 0 aromatic rings. The summed E-state index contributed by atoms with van der Waals surface area (Å²) in [5, 5.41) is 13.9. The fraction of sp³-hybridized carbons (Fsp3) is 0. The molecule has 0 atom stereocenters. The number of hydrogen-bond donors (Lipinski definition) is 2. The first kappa shape index (κ1) is 15.7. The van der Waals surface area contributed by atoms with Crippen molar-refractivity contribution >= 4 is 55.0 Å². The Bertz CT molecular complexity index is 33.8. The number of carbonyl (C=O) groups is 1. The molecular weight excluding hydrogens is 336 g/mol. The normalized spacial score (nSPS) is 4.00. The Morgan fingerprint density at radius 1 is 1.33 bits per heavy atom. The van der Waals surface area contributed by atoms with Crippen LogP contribution in [0.4, 0.5) is 4.79 Å². The molecule has 6 heavy (non-hydrogen) atoms. The van der Waals surface area contributed by atoms with Crippen LogP contribution in [0.25, 0.3) is 0 Å². The van der Waals surface area contributed by atoms with Crippen molar-refractivity contribution in [2.75, 3.05) is 0 Å². The molecule has 31 valence electrons. The van der Waals surface area contributed by atoms with Gasteiger partial charge in [0.2, 0.25) is 0 Å². The summed E-state index contributed by atoms with van der Waals surface area (Å²) in [5.41, 5.74) is 0. The van der Waals surface area contributed by atoms with Gasteiger partial charge in [-0.15, -0.1) is 0 Å². The Hall–Kier alpha value is 2.04. The van der Waals surface area contributed by atoms with Gasteiger partial charge in [0.05, 0.1) is 0 Å². The van der Waals surface area contributed by atoms with Crippen LogP contribution in [0.15, 0.2) is 0 Å². The molecule has 0 saturated heterocycles. The summed E-state index contributed by atoms with van der Waals surface area (Å²) >= 11 is 0. The van der Waals surface area contributed by atoms with Crippen molar-refractivity contribution in [2.45, 2.75) is 0 Å². The Kier molecular flexibility index (Phi) is 26.4. The molecule has 0 aliphatic heterocycles. The second-order valence-electron chi connectivity index (χ2n) is 0.283. The average Bonchev–Trinajstić information content (AvgIpc) is 0.811. The summed E-state index contributed by atoms with van der Waals surface area (Å²) in [6.07, 6.45) is -1.83. The molecule has 0 rings (SSSR count). The standard InChI is InChI=1S/CH2O3.Ba.La.2H/c2-1(3)4;;;;/h(H2,2,3,4);;;;. The minimum absolute atomic E-state index is 0. The fourth-order valence-corrected chi connectivity index (χ4v) is 0. The van der Waals surface area contributed by atoms with Crippen LogP contribution in [-0.4, -0.2) is 65.2 Å². The van der Waals surface area contributed by atoms with Crippen molar-refractivity contribution in [2.24, 2.45) is 0 Å². The molecule has 2 N–H and O–H groups in total. The van der Waals surface area contributed by atoms with Gasteiger partial charge >= 0.3 is 55.0 Å². The van der Waals surface area contributed by atoms with Gasteiger partial charge in [-0.1, -0.05) is 0 Å². The van der Waals surface area contributed by atoms with E-state index in [0.717, 1.165) is 0 Å². The van der Waals surface area contributed by atoms with E-state index in [9.17, 15) is 0 Å². The van der Waals surface area contributed by atoms with Crippen LogP contribution >= 0.6 is 0 Å². The van der Waals surface area contributed by atoms with Gasteiger partial charge in [-0.25, -0.2) is 4.79 Å². The van der Waals surface area contributed by atoms with Crippen molar-refractivity contribution in [3.63, 3.8) is 0 Å². The molecule has 0 amide bonds. The number of rotatable bonds is 0. The van der Waals surface area contributed by atoms with E-state index in [4.69, 9.17) is 15.0 Å². The summed E-state index contributed by atoms with van der Waals surface area (Å²) in [6, 6.07) is 0. The van der Waals surface area contributed by atoms with Crippen molar-refractivity contribution in [3.8, 4) is 0 Å². The molecule has 0 aromatic carbocycles. The maximum Gasteiger partial charge on any atom is 0 e. The Morgan fingerprint density at radius 3 is 1.33 bits per heavy atom. The molecule has 0 fully saturated rings. The Morgan fingerprint density at radius 2 is 1.33 bits per heavy atom. The summed E-state index contributed by atoms with van der Waals surface area (Å²) in [5.74, 6) is 0. The maximum absolute atomic E-state index is 8.56. The summed E-state index contributed by atoms with van der Waals surface area (Å²) in [4.78, 5) is 8.56. The summed E-state index contributed by atoms with van der Waals surface area (Å²) in [7, 11) is 0.